The maximum absolute atomic E-state index is 12.5. The molecule has 0 aliphatic rings. The molecule has 168 valence electrons. The lowest BCUT2D eigenvalue weighted by molar-refractivity contribution is -0.116. The molecule has 2 aromatic carbocycles. The first-order valence-electron chi connectivity index (χ1n) is 10.3. The van der Waals surface area contributed by atoms with E-state index in [1.165, 1.54) is 4.57 Å². The molecule has 9 heteroatoms. The molecule has 2 aromatic heterocycles. The van der Waals surface area contributed by atoms with Crippen molar-refractivity contribution >= 4 is 56.0 Å². The van der Waals surface area contributed by atoms with Crippen LogP contribution < -0.4 is 11.1 Å². The highest BCUT2D eigenvalue weighted by Gasteiger charge is 2.16. The lowest BCUT2D eigenvalue weighted by atomic mass is 10.1. The van der Waals surface area contributed by atoms with Crippen LogP contribution >= 0.6 is 23.1 Å². The highest BCUT2D eigenvalue weighted by molar-refractivity contribution is 8.01. The molecule has 0 spiro atoms. The van der Waals surface area contributed by atoms with Gasteiger partial charge in [0.2, 0.25) is 5.91 Å². The van der Waals surface area contributed by atoms with Crippen LogP contribution in [0.2, 0.25) is 0 Å². The van der Waals surface area contributed by atoms with E-state index in [9.17, 15) is 9.59 Å². The van der Waals surface area contributed by atoms with Crippen molar-refractivity contribution in [2.24, 2.45) is 0 Å². The first-order valence-corrected chi connectivity index (χ1v) is 12.1. The SMILES string of the molecule is COC(C)(C)CCSc1nc2ccc(NC(=O)CCn3c(=O)oc4ccccc43)cc2s1. The largest absolute Gasteiger partial charge is 0.419 e. The number of thiazole rings is 1. The predicted molar refractivity (Wildman–Crippen MR) is 130 cm³/mol. The van der Waals surface area contributed by atoms with Gasteiger partial charge in [-0.1, -0.05) is 23.9 Å². The molecule has 0 atom stereocenters. The lowest BCUT2D eigenvalue weighted by Crippen LogP contribution is -2.22. The number of rotatable bonds is 9. The van der Waals surface area contributed by atoms with Crippen molar-refractivity contribution in [3.8, 4) is 0 Å². The number of thioether (sulfide) groups is 1. The number of carbonyl (C=O) groups excluding carboxylic acids is 1. The summed E-state index contributed by atoms with van der Waals surface area (Å²) in [6.45, 7) is 4.40. The van der Waals surface area contributed by atoms with Crippen molar-refractivity contribution in [1.29, 1.82) is 0 Å². The highest BCUT2D eigenvalue weighted by Crippen LogP contribution is 2.32. The number of methoxy groups -OCH3 is 1. The monoisotopic (exact) mass is 471 g/mol. The second kappa shape index (κ2) is 9.48. The summed E-state index contributed by atoms with van der Waals surface area (Å²) in [7, 11) is 1.73. The third-order valence-electron chi connectivity index (χ3n) is 5.27. The van der Waals surface area contributed by atoms with Crippen molar-refractivity contribution in [1.82, 2.24) is 9.55 Å². The number of oxazole rings is 1. The number of nitrogens with zero attached hydrogens (tertiary/aromatic N) is 2. The van der Waals surface area contributed by atoms with Gasteiger partial charge in [-0.25, -0.2) is 9.78 Å². The van der Waals surface area contributed by atoms with Crippen molar-refractivity contribution < 1.29 is 13.9 Å². The molecule has 0 bridgehead atoms. The molecule has 0 saturated carbocycles. The summed E-state index contributed by atoms with van der Waals surface area (Å²) >= 11 is 3.33. The summed E-state index contributed by atoms with van der Waals surface area (Å²) in [5.41, 5.74) is 2.70. The molecule has 0 radical (unpaired) electrons. The van der Waals surface area contributed by atoms with E-state index >= 15 is 0 Å². The molecule has 0 saturated heterocycles. The molecule has 0 unspecified atom stereocenters. The van der Waals surface area contributed by atoms with Crippen LogP contribution in [0.1, 0.15) is 26.7 Å². The van der Waals surface area contributed by atoms with Crippen LogP contribution in [0.5, 0.6) is 0 Å². The smallest absolute Gasteiger partial charge is 0.408 e. The fraction of sp³-hybridized carbons (Fsp3) is 0.348. The number of carbonyl (C=O) groups is 1. The number of aryl methyl sites for hydroxylation is 1. The second-order valence-corrected chi connectivity index (χ2v) is 10.4. The zero-order chi connectivity index (χ0) is 22.7. The summed E-state index contributed by atoms with van der Waals surface area (Å²) in [6, 6.07) is 12.9. The minimum Gasteiger partial charge on any atom is -0.408 e. The molecular formula is C23H25N3O4S2. The Bertz CT molecular complexity index is 1310. The van der Waals surface area contributed by atoms with E-state index in [1.54, 1.807) is 36.3 Å². The number of amides is 1. The average Bonchev–Trinajstić information content (AvgIpc) is 3.31. The summed E-state index contributed by atoms with van der Waals surface area (Å²) in [5, 5.41) is 2.91. The van der Waals surface area contributed by atoms with E-state index < -0.39 is 5.76 Å². The van der Waals surface area contributed by atoms with Crippen LogP contribution in [0.25, 0.3) is 21.3 Å². The Labute approximate surface area is 193 Å². The molecule has 2 heterocycles. The summed E-state index contributed by atoms with van der Waals surface area (Å²) in [6.07, 6.45) is 1.10. The van der Waals surface area contributed by atoms with Crippen molar-refractivity contribution in [3.63, 3.8) is 0 Å². The van der Waals surface area contributed by atoms with Gasteiger partial charge in [-0.2, -0.15) is 0 Å². The first-order chi connectivity index (χ1) is 15.3. The number of ether oxygens (including phenoxy) is 1. The maximum Gasteiger partial charge on any atom is 0.419 e. The fourth-order valence-corrected chi connectivity index (χ4v) is 5.61. The van der Waals surface area contributed by atoms with Gasteiger partial charge >= 0.3 is 5.76 Å². The Hall–Kier alpha value is -2.62. The van der Waals surface area contributed by atoms with Gasteiger partial charge in [-0.15, -0.1) is 11.3 Å². The molecule has 1 N–H and O–H groups in total. The molecule has 0 aliphatic heterocycles. The number of benzene rings is 2. The number of hydrogen-bond acceptors (Lipinski definition) is 7. The lowest BCUT2D eigenvalue weighted by Gasteiger charge is -2.21. The van der Waals surface area contributed by atoms with Crippen LogP contribution in [-0.2, 0) is 16.1 Å². The molecule has 0 aliphatic carbocycles. The number of nitrogens with one attached hydrogen (secondary N) is 1. The van der Waals surface area contributed by atoms with E-state index in [0.717, 1.165) is 26.7 Å². The van der Waals surface area contributed by atoms with Gasteiger partial charge in [0.1, 0.15) is 0 Å². The van der Waals surface area contributed by atoms with Gasteiger partial charge in [0.05, 0.1) is 21.3 Å². The summed E-state index contributed by atoms with van der Waals surface area (Å²) in [4.78, 5) is 29.2. The minimum absolute atomic E-state index is 0.144. The molecule has 32 heavy (non-hydrogen) atoms. The number of para-hydroxylation sites is 2. The van der Waals surface area contributed by atoms with Crippen LogP contribution in [0.15, 0.2) is 56.0 Å². The van der Waals surface area contributed by atoms with Crippen molar-refractivity contribution in [2.75, 3.05) is 18.2 Å². The standard InChI is InChI=1S/C23H25N3O4S2/c1-23(2,29-3)11-13-31-21-25-16-9-8-15(14-19(16)32-21)24-20(27)10-12-26-17-6-4-5-7-18(17)30-22(26)28/h4-9,14H,10-13H2,1-3H3,(H,24,27). The molecule has 4 aromatic rings. The zero-order valence-electron chi connectivity index (χ0n) is 18.2. The third kappa shape index (κ3) is 5.23. The van der Waals surface area contributed by atoms with Gasteiger partial charge in [0.15, 0.2) is 9.92 Å². The maximum atomic E-state index is 12.5. The van der Waals surface area contributed by atoms with Crippen molar-refractivity contribution in [2.45, 2.75) is 43.2 Å². The van der Waals surface area contributed by atoms with Crippen LogP contribution in [0, 0.1) is 0 Å². The van der Waals surface area contributed by atoms with E-state index in [1.807, 2.05) is 36.4 Å². The van der Waals surface area contributed by atoms with Gasteiger partial charge in [0.25, 0.3) is 0 Å². The Kier molecular flexibility index (Phi) is 6.68. The molecule has 7 nitrogen and oxygen atoms in total. The first kappa shape index (κ1) is 22.6. The molecule has 1 amide bonds. The van der Waals surface area contributed by atoms with E-state index in [0.29, 0.717) is 16.8 Å². The number of aromatic nitrogens is 2. The number of anilines is 1. The highest BCUT2D eigenvalue weighted by atomic mass is 32.2. The third-order valence-corrected chi connectivity index (χ3v) is 7.43. The topological polar surface area (TPSA) is 86.4 Å². The molecule has 0 fully saturated rings. The quantitative estimate of drug-likeness (QED) is 0.340. The molecule has 4 rings (SSSR count). The van der Waals surface area contributed by atoms with Gasteiger partial charge in [-0.05, 0) is 50.6 Å². The van der Waals surface area contributed by atoms with Crippen LogP contribution in [0.3, 0.4) is 0 Å². The predicted octanol–water partition coefficient (Wildman–Crippen LogP) is 5.14. The number of hydrogen-bond donors (Lipinski definition) is 1. The van der Waals surface area contributed by atoms with E-state index in [4.69, 9.17) is 9.15 Å². The Morgan fingerprint density at radius 3 is 2.91 bits per heavy atom. The molecular weight excluding hydrogens is 446 g/mol. The Morgan fingerprint density at radius 1 is 1.28 bits per heavy atom. The van der Waals surface area contributed by atoms with E-state index in [-0.39, 0.29) is 24.5 Å². The van der Waals surface area contributed by atoms with Crippen LogP contribution in [-0.4, -0.2) is 33.9 Å². The van der Waals surface area contributed by atoms with Crippen molar-refractivity contribution in [3.05, 3.63) is 53.0 Å². The summed E-state index contributed by atoms with van der Waals surface area (Å²) in [5.74, 6) is 0.304. The zero-order valence-corrected chi connectivity index (χ0v) is 19.8. The van der Waals surface area contributed by atoms with E-state index in [2.05, 4.69) is 24.1 Å². The minimum atomic E-state index is -0.455. The normalized spacial score (nSPS) is 12.0. The number of fused-ring (bicyclic) bond motifs is 2. The van der Waals surface area contributed by atoms with Crippen LogP contribution in [0.4, 0.5) is 5.69 Å². The average molecular weight is 472 g/mol. The van der Waals surface area contributed by atoms with Gasteiger partial charge in [-0.3, -0.25) is 9.36 Å². The second-order valence-electron chi connectivity index (χ2n) is 8.01. The van der Waals surface area contributed by atoms with Gasteiger partial charge in [0, 0.05) is 31.5 Å². The summed E-state index contributed by atoms with van der Waals surface area (Å²) < 4.78 is 14.2. The Balaban J connectivity index is 1.36. The van der Waals surface area contributed by atoms with Gasteiger partial charge < -0.3 is 14.5 Å². The Morgan fingerprint density at radius 2 is 2.09 bits per heavy atom. The fourth-order valence-electron chi connectivity index (χ4n) is 3.19.